The van der Waals surface area contributed by atoms with Gasteiger partial charge in [0.1, 0.15) is 0 Å². The Bertz CT molecular complexity index is 293. The van der Waals surface area contributed by atoms with Crippen molar-refractivity contribution in [2.75, 3.05) is 39.3 Å². The Hall–Kier alpha value is -0.120. The fraction of sp³-hybridized carbons (Fsp3) is 1.00. The Balaban J connectivity index is 1.51. The van der Waals surface area contributed by atoms with E-state index in [1.165, 1.54) is 90.6 Å². The van der Waals surface area contributed by atoms with Crippen molar-refractivity contribution in [3.63, 3.8) is 0 Å². The van der Waals surface area contributed by atoms with Crippen molar-refractivity contribution in [3.8, 4) is 0 Å². The van der Waals surface area contributed by atoms with Gasteiger partial charge in [0.15, 0.2) is 0 Å². The number of nitrogens with one attached hydrogen (secondary N) is 1. The minimum Gasteiger partial charge on any atom is -0.310 e. The molecule has 2 unspecified atom stereocenters. The molecule has 3 aliphatic heterocycles. The van der Waals surface area contributed by atoms with E-state index in [4.69, 9.17) is 0 Å². The summed E-state index contributed by atoms with van der Waals surface area (Å²) in [5.41, 5.74) is 0.450. The number of hydrogen-bond donors (Lipinski definition) is 1. The molecule has 3 heteroatoms. The second-order valence-electron chi connectivity index (χ2n) is 7.33. The average molecular weight is 279 g/mol. The molecule has 20 heavy (non-hydrogen) atoms. The van der Waals surface area contributed by atoms with Crippen molar-refractivity contribution in [1.82, 2.24) is 15.1 Å². The molecule has 0 aliphatic carbocycles. The quantitative estimate of drug-likeness (QED) is 0.834. The third kappa shape index (κ3) is 3.37. The van der Waals surface area contributed by atoms with Gasteiger partial charge in [-0.25, -0.2) is 0 Å². The van der Waals surface area contributed by atoms with E-state index in [1.807, 2.05) is 0 Å². The first-order chi connectivity index (χ1) is 9.81. The largest absolute Gasteiger partial charge is 0.310 e. The monoisotopic (exact) mass is 279 g/mol. The summed E-state index contributed by atoms with van der Waals surface area (Å²) in [6, 6.07) is 0.857. The molecule has 0 amide bonds. The minimum absolute atomic E-state index is 0.450. The van der Waals surface area contributed by atoms with Crippen LogP contribution in [0, 0.1) is 0 Å². The summed E-state index contributed by atoms with van der Waals surface area (Å²) < 4.78 is 0. The highest BCUT2D eigenvalue weighted by molar-refractivity contribution is 4.97. The van der Waals surface area contributed by atoms with Crippen LogP contribution in [0.3, 0.4) is 0 Å². The van der Waals surface area contributed by atoms with Gasteiger partial charge in [0.05, 0.1) is 0 Å². The molecule has 3 heterocycles. The maximum absolute atomic E-state index is 3.84. The van der Waals surface area contributed by atoms with Crippen LogP contribution >= 0.6 is 0 Å². The highest BCUT2D eigenvalue weighted by Gasteiger charge is 2.37. The second kappa shape index (κ2) is 6.76. The van der Waals surface area contributed by atoms with Crippen LogP contribution < -0.4 is 5.32 Å². The van der Waals surface area contributed by atoms with Gasteiger partial charge >= 0.3 is 0 Å². The number of nitrogens with zero attached hydrogens (tertiary/aromatic N) is 2. The third-order valence-corrected chi connectivity index (χ3v) is 5.74. The van der Waals surface area contributed by atoms with Crippen molar-refractivity contribution in [3.05, 3.63) is 0 Å². The first-order valence-electron chi connectivity index (χ1n) is 9.03. The highest BCUT2D eigenvalue weighted by atomic mass is 15.3. The molecule has 0 spiro atoms. The van der Waals surface area contributed by atoms with Crippen LogP contribution in [0.4, 0.5) is 0 Å². The van der Waals surface area contributed by atoms with E-state index in [9.17, 15) is 0 Å². The Kier molecular flexibility index (Phi) is 5.00. The molecule has 3 saturated heterocycles. The molecule has 3 rings (SSSR count). The Morgan fingerprint density at radius 1 is 1.10 bits per heavy atom. The van der Waals surface area contributed by atoms with Crippen molar-refractivity contribution >= 4 is 0 Å². The van der Waals surface area contributed by atoms with E-state index in [1.54, 1.807) is 0 Å². The summed E-state index contributed by atoms with van der Waals surface area (Å²) in [7, 11) is 0. The molecule has 1 N–H and O–H groups in total. The van der Waals surface area contributed by atoms with Crippen LogP contribution in [0.1, 0.15) is 58.3 Å². The number of hydrogen-bond acceptors (Lipinski definition) is 3. The Labute approximate surface area is 125 Å². The van der Waals surface area contributed by atoms with Gasteiger partial charge in [-0.1, -0.05) is 19.8 Å². The molecule has 0 saturated carbocycles. The van der Waals surface area contributed by atoms with Crippen LogP contribution in [0.2, 0.25) is 0 Å². The van der Waals surface area contributed by atoms with E-state index in [-0.39, 0.29) is 0 Å². The standard InChI is InChI=1S/C17H33N3/c1-2-8-17(9-6-10-18-17)15-19-13-7-16(14-19)20-11-4-3-5-12-20/h16,18H,2-15H2,1H3. The smallest absolute Gasteiger partial charge is 0.0309 e. The normalized spacial score (nSPS) is 36.8. The summed E-state index contributed by atoms with van der Waals surface area (Å²) in [5, 5.41) is 3.84. The summed E-state index contributed by atoms with van der Waals surface area (Å²) in [5.74, 6) is 0. The fourth-order valence-electron chi connectivity index (χ4n) is 4.74. The van der Waals surface area contributed by atoms with Crippen LogP contribution in [0.25, 0.3) is 0 Å². The summed E-state index contributed by atoms with van der Waals surface area (Å²) in [4.78, 5) is 5.53. The minimum atomic E-state index is 0.450. The van der Waals surface area contributed by atoms with Gasteiger partial charge in [-0.3, -0.25) is 9.80 Å². The van der Waals surface area contributed by atoms with E-state index in [0.717, 1.165) is 6.04 Å². The molecule has 116 valence electrons. The second-order valence-corrected chi connectivity index (χ2v) is 7.33. The van der Waals surface area contributed by atoms with E-state index in [2.05, 4.69) is 22.0 Å². The molecule has 0 bridgehead atoms. The first-order valence-corrected chi connectivity index (χ1v) is 9.03. The molecule has 2 atom stereocenters. The predicted molar refractivity (Wildman–Crippen MR) is 85.1 cm³/mol. The van der Waals surface area contributed by atoms with Gasteiger partial charge in [-0.05, 0) is 64.7 Å². The number of likely N-dealkylation sites (tertiary alicyclic amines) is 2. The third-order valence-electron chi connectivity index (χ3n) is 5.74. The lowest BCUT2D eigenvalue weighted by Crippen LogP contribution is -2.50. The predicted octanol–water partition coefficient (Wildman–Crippen LogP) is 2.47. The molecule has 0 aromatic carbocycles. The molecule has 0 aromatic rings. The summed E-state index contributed by atoms with van der Waals surface area (Å²) >= 11 is 0. The molecular formula is C17H33N3. The van der Waals surface area contributed by atoms with Crippen LogP contribution in [0.15, 0.2) is 0 Å². The van der Waals surface area contributed by atoms with E-state index in [0.29, 0.717) is 5.54 Å². The maximum Gasteiger partial charge on any atom is 0.0309 e. The van der Waals surface area contributed by atoms with Crippen LogP contribution in [-0.4, -0.2) is 60.6 Å². The van der Waals surface area contributed by atoms with Gasteiger partial charge in [0, 0.05) is 24.7 Å². The lowest BCUT2D eigenvalue weighted by atomic mass is 9.91. The van der Waals surface area contributed by atoms with Gasteiger partial charge in [0.2, 0.25) is 0 Å². The molecule has 0 radical (unpaired) electrons. The highest BCUT2D eigenvalue weighted by Crippen LogP contribution is 2.28. The van der Waals surface area contributed by atoms with E-state index >= 15 is 0 Å². The maximum atomic E-state index is 3.84. The van der Waals surface area contributed by atoms with Crippen molar-refractivity contribution < 1.29 is 0 Å². The number of rotatable bonds is 5. The Morgan fingerprint density at radius 2 is 1.95 bits per heavy atom. The van der Waals surface area contributed by atoms with Crippen molar-refractivity contribution in [2.24, 2.45) is 0 Å². The lowest BCUT2D eigenvalue weighted by molar-refractivity contribution is 0.151. The SMILES string of the molecule is CCCC1(CN2CCC(N3CCCCC3)C2)CCCN1. The topological polar surface area (TPSA) is 18.5 Å². The summed E-state index contributed by atoms with van der Waals surface area (Å²) in [6.45, 7) is 10.2. The molecule has 3 aliphatic rings. The zero-order valence-corrected chi connectivity index (χ0v) is 13.4. The Morgan fingerprint density at radius 3 is 2.65 bits per heavy atom. The van der Waals surface area contributed by atoms with Gasteiger partial charge in [-0.15, -0.1) is 0 Å². The van der Waals surface area contributed by atoms with Crippen molar-refractivity contribution in [2.45, 2.75) is 69.9 Å². The van der Waals surface area contributed by atoms with Gasteiger partial charge in [0.25, 0.3) is 0 Å². The summed E-state index contributed by atoms with van der Waals surface area (Å²) in [6.07, 6.45) is 11.2. The zero-order valence-electron chi connectivity index (χ0n) is 13.4. The van der Waals surface area contributed by atoms with E-state index < -0.39 is 0 Å². The molecule has 3 nitrogen and oxygen atoms in total. The fourth-order valence-corrected chi connectivity index (χ4v) is 4.74. The van der Waals surface area contributed by atoms with Crippen LogP contribution in [-0.2, 0) is 0 Å². The van der Waals surface area contributed by atoms with Gasteiger partial charge in [-0.2, -0.15) is 0 Å². The molecule has 0 aromatic heterocycles. The van der Waals surface area contributed by atoms with Crippen LogP contribution in [0.5, 0.6) is 0 Å². The lowest BCUT2D eigenvalue weighted by Gasteiger charge is -2.35. The van der Waals surface area contributed by atoms with Gasteiger partial charge < -0.3 is 5.32 Å². The molecular weight excluding hydrogens is 246 g/mol. The average Bonchev–Trinajstić information content (AvgIpc) is 3.11. The van der Waals surface area contributed by atoms with Crippen molar-refractivity contribution in [1.29, 1.82) is 0 Å². The molecule has 3 fully saturated rings. The number of piperidine rings is 1. The first kappa shape index (κ1) is 14.8. The zero-order chi connectivity index (χ0) is 13.8.